The fourth-order valence-corrected chi connectivity index (χ4v) is 2.03. The van der Waals surface area contributed by atoms with Crippen molar-refractivity contribution in [2.24, 2.45) is 0 Å². The van der Waals surface area contributed by atoms with Crippen molar-refractivity contribution in [3.8, 4) is 0 Å². The third-order valence-corrected chi connectivity index (χ3v) is 3.27. The topological polar surface area (TPSA) is 30.5 Å². The Morgan fingerprint density at radius 1 is 1.05 bits per heavy atom. The molecule has 0 aliphatic heterocycles. The predicted molar refractivity (Wildman–Crippen MR) is 79.5 cm³/mol. The Hall–Kier alpha value is -0.900. The van der Waals surface area contributed by atoms with Crippen LogP contribution in [0.25, 0.3) is 0 Å². The third kappa shape index (κ3) is 6.19. The Bertz CT molecular complexity index is 324. The van der Waals surface area contributed by atoms with E-state index in [0.29, 0.717) is 19.3 Å². The minimum absolute atomic E-state index is 0.414. The first-order valence-electron chi connectivity index (χ1n) is 7.20. The van der Waals surface area contributed by atoms with E-state index in [1.807, 2.05) is 0 Å². The monoisotopic (exact) mass is 265 g/mol. The van der Waals surface area contributed by atoms with Gasteiger partial charge in [0.05, 0.1) is 19.8 Å². The van der Waals surface area contributed by atoms with E-state index < -0.39 is 0 Å². The fraction of sp³-hybridized carbons (Fsp3) is 0.625. The summed E-state index contributed by atoms with van der Waals surface area (Å²) >= 11 is 0. The van der Waals surface area contributed by atoms with Gasteiger partial charge in [-0.15, -0.1) is 0 Å². The second-order valence-electron chi connectivity index (χ2n) is 4.62. The van der Waals surface area contributed by atoms with E-state index in [2.05, 4.69) is 43.4 Å². The summed E-state index contributed by atoms with van der Waals surface area (Å²) in [4.78, 5) is 0. The second kappa shape index (κ2) is 9.96. The normalized spacial score (nSPS) is 12.6. The standard InChI is InChI=1S/C16H27NO2/c1-4-14-6-8-15(9-7-14)16(5-2)17-10-11-19-13-12-18-3/h6-9,16-17H,4-5,10-13H2,1-3H3. The van der Waals surface area contributed by atoms with Gasteiger partial charge in [-0.3, -0.25) is 0 Å². The highest BCUT2D eigenvalue weighted by atomic mass is 16.5. The van der Waals surface area contributed by atoms with Crippen molar-refractivity contribution in [2.45, 2.75) is 32.7 Å². The van der Waals surface area contributed by atoms with Crippen LogP contribution in [0.15, 0.2) is 24.3 Å². The largest absolute Gasteiger partial charge is 0.382 e. The highest BCUT2D eigenvalue weighted by Crippen LogP contribution is 2.17. The molecule has 3 heteroatoms. The van der Waals surface area contributed by atoms with Gasteiger partial charge in [-0.25, -0.2) is 0 Å². The number of hydrogen-bond acceptors (Lipinski definition) is 3. The fourth-order valence-electron chi connectivity index (χ4n) is 2.03. The van der Waals surface area contributed by atoms with Crippen LogP contribution in [0.2, 0.25) is 0 Å². The lowest BCUT2D eigenvalue weighted by atomic mass is 10.0. The Morgan fingerprint density at radius 2 is 1.79 bits per heavy atom. The molecular weight excluding hydrogens is 238 g/mol. The van der Waals surface area contributed by atoms with E-state index in [4.69, 9.17) is 9.47 Å². The van der Waals surface area contributed by atoms with Gasteiger partial charge in [0.15, 0.2) is 0 Å². The van der Waals surface area contributed by atoms with Crippen molar-refractivity contribution in [2.75, 3.05) is 33.5 Å². The van der Waals surface area contributed by atoms with Gasteiger partial charge in [0.1, 0.15) is 0 Å². The Morgan fingerprint density at radius 3 is 2.37 bits per heavy atom. The van der Waals surface area contributed by atoms with Crippen LogP contribution >= 0.6 is 0 Å². The number of rotatable bonds is 10. The van der Waals surface area contributed by atoms with Gasteiger partial charge in [-0.1, -0.05) is 38.1 Å². The first-order chi connectivity index (χ1) is 9.31. The number of aryl methyl sites for hydroxylation is 1. The van der Waals surface area contributed by atoms with Crippen molar-refractivity contribution in [3.05, 3.63) is 35.4 Å². The number of hydrogen-bond donors (Lipinski definition) is 1. The van der Waals surface area contributed by atoms with E-state index in [1.165, 1.54) is 11.1 Å². The molecule has 0 bridgehead atoms. The number of benzene rings is 1. The van der Waals surface area contributed by atoms with Crippen LogP contribution in [-0.4, -0.2) is 33.5 Å². The third-order valence-electron chi connectivity index (χ3n) is 3.27. The number of nitrogens with one attached hydrogen (secondary N) is 1. The Labute approximate surface area is 117 Å². The van der Waals surface area contributed by atoms with Crippen LogP contribution in [-0.2, 0) is 15.9 Å². The zero-order valence-electron chi connectivity index (χ0n) is 12.4. The Kier molecular flexibility index (Phi) is 8.47. The first-order valence-corrected chi connectivity index (χ1v) is 7.20. The zero-order valence-corrected chi connectivity index (χ0v) is 12.4. The molecule has 1 unspecified atom stereocenters. The molecule has 1 aromatic carbocycles. The van der Waals surface area contributed by atoms with Gasteiger partial charge in [0, 0.05) is 19.7 Å². The van der Waals surface area contributed by atoms with E-state index in [1.54, 1.807) is 7.11 Å². The van der Waals surface area contributed by atoms with Gasteiger partial charge >= 0.3 is 0 Å². The molecule has 0 saturated carbocycles. The Balaban J connectivity index is 2.31. The maximum atomic E-state index is 5.45. The molecule has 1 aromatic rings. The minimum Gasteiger partial charge on any atom is -0.382 e. The maximum absolute atomic E-state index is 5.45. The first kappa shape index (κ1) is 16.2. The molecule has 3 nitrogen and oxygen atoms in total. The summed E-state index contributed by atoms with van der Waals surface area (Å²) in [5.74, 6) is 0. The highest BCUT2D eigenvalue weighted by molar-refractivity contribution is 5.24. The average molecular weight is 265 g/mol. The van der Waals surface area contributed by atoms with E-state index >= 15 is 0 Å². The summed E-state index contributed by atoms with van der Waals surface area (Å²) < 4.78 is 10.4. The molecule has 0 spiro atoms. The molecule has 1 rings (SSSR count). The van der Waals surface area contributed by atoms with E-state index in [9.17, 15) is 0 Å². The summed E-state index contributed by atoms with van der Waals surface area (Å²) in [6, 6.07) is 9.30. The van der Waals surface area contributed by atoms with Crippen LogP contribution < -0.4 is 5.32 Å². The molecule has 0 aliphatic carbocycles. The van der Waals surface area contributed by atoms with Crippen LogP contribution in [0.3, 0.4) is 0 Å². The van der Waals surface area contributed by atoms with Gasteiger partial charge in [-0.2, -0.15) is 0 Å². The van der Waals surface area contributed by atoms with Crippen LogP contribution in [0, 0.1) is 0 Å². The molecule has 0 fully saturated rings. The molecule has 0 amide bonds. The molecule has 0 heterocycles. The SMILES string of the molecule is CCc1ccc(C(CC)NCCOCCOC)cc1. The summed E-state index contributed by atoms with van der Waals surface area (Å²) in [7, 11) is 1.69. The predicted octanol–water partition coefficient (Wildman–Crippen LogP) is 2.95. The molecule has 1 N–H and O–H groups in total. The van der Waals surface area contributed by atoms with Gasteiger partial charge in [-0.05, 0) is 24.0 Å². The van der Waals surface area contributed by atoms with Crippen LogP contribution in [0.1, 0.15) is 37.4 Å². The number of ether oxygens (including phenoxy) is 2. The highest BCUT2D eigenvalue weighted by Gasteiger charge is 2.07. The van der Waals surface area contributed by atoms with Crippen molar-refractivity contribution >= 4 is 0 Å². The van der Waals surface area contributed by atoms with Crippen LogP contribution in [0.5, 0.6) is 0 Å². The molecule has 0 radical (unpaired) electrons. The van der Waals surface area contributed by atoms with Gasteiger partial charge < -0.3 is 14.8 Å². The quantitative estimate of drug-likeness (QED) is 0.660. The lowest BCUT2D eigenvalue weighted by Crippen LogP contribution is -2.25. The molecule has 1 atom stereocenters. The molecule has 19 heavy (non-hydrogen) atoms. The summed E-state index contributed by atoms with van der Waals surface area (Å²) in [5, 5.41) is 3.53. The zero-order chi connectivity index (χ0) is 13.9. The van der Waals surface area contributed by atoms with Crippen molar-refractivity contribution < 1.29 is 9.47 Å². The van der Waals surface area contributed by atoms with Gasteiger partial charge in [0.25, 0.3) is 0 Å². The minimum atomic E-state index is 0.414. The lowest BCUT2D eigenvalue weighted by Gasteiger charge is -2.18. The summed E-state index contributed by atoms with van der Waals surface area (Å²) in [6.07, 6.45) is 2.18. The maximum Gasteiger partial charge on any atom is 0.0700 e. The van der Waals surface area contributed by atoms with E-state index in [-0.39, 0.29) is 0 Å². The van der Waals surface area contributed by atoms with E-state index in [0.717, 1.165) is 26.0 Å². The average Bonchev–Trinajstić information content (AvgIpc) is 2.47. The molecular formula is C16H27NO2. The molecule has 0 saturated heterocycles. The summed E-state index contributed by atoms with van der Waals surface area (Å²) in [5.41, 5.74) is 2.75. The molecule has 0 aromatic heterocycles. The smallest absolute Gasteiger partial charge is 0.0700 e. The van der Waals surface area contributed by atoms with Crippen LogP contribution in [0.4, 0.5) is 0 Å². The second-order valence-corrected chi connectivity index (χ2v) is 4.62. The number of methoxy groups -OCH3 is 1. The lowest BCUT2D eigenvalue weighted by molar-refractivity contribution is 0.0710. The van der Waals surface area contributed by atoms with Crippen molar-refractivity contribution in [1.29, 1.82) is 0 Å². The van der Waals surface area contributed by atoms with Crippen molar-refractivity contribution in [3.63, 3.8) is 0 Å². The molecule has 0 aliphatic rings. The molecule has 108 valence electrons. The van der Waals surface area contributed by atoms with Gasteiger partial charge in [0.2, 0.25) is 0 Å². The summed E-state index contributed by atoms with van der Waals surface area (Å²) in [6.45, 7) is 7.32. The van der Waals surface area contributed by atoms with Crippen molar-refractivity contribution in [1.82, 2.24) is 5.32 Å².